The van der Waals surface area contributed by atoms with Crippen LogP contribution in [-0.4, -0.2) is 80.3 Å². The van der Waals surface area contributed by atoms with E-state index in [1.807, 2.05) is 5.32 Å². The van der Waals surface area contributed by atoms with Gasteiger partial charge in [-0.3, -0.25) is 19.2 Å². The van der Waals surface area contributed by atoms with Crippen LogP contribution in [0.1, 0.15) is 12.1 Å². The second kappa shape index (κ2) is 11.7. The molecule has 0 aliphatic carbocycles. The Labute approximate surface area is 170 Å². The second-order valence-electron chi connectivity index (χ2n) is 5.85. The highest BCUT2D eigenvalue weighted by atomic mass is 32.1. The number of aromatic nitrogens is 2. The molecule has 3 atom stereocenters. The van der Waals surface area contributed by atoms with Crippen molar-refractivity contribution < 1.29 is 34.2 Å². The van der Waals surface area contributed by atoms with Gasteiger partial charge in [-0.2, -0.15) is 12.6 Å². The van der Waals surface area contributed by atoms with Crippen molar-refractivity contribution in [2.24, 2.45) is 5.73 Å². The number of aromatic amines is 1. The van der Waals surface area contributed by atoms with Crippen LogP contribution in [-0.2, 0) is 30.4 Å². The molecule has 3 unspecified atom stereocenters. The number of aliphatic carboxylic acids is 2. The lowest BCUT2D eigenvalue weighted by atomic mass is 10.1. The predicted octanol–water partition coefficient (Wildman–Crippen LogP) is -3.15. The molecule has 0 saturated heterocycles. The highest BCUT2D eigenvalue weighted by Crippen LogP contribution is 2.02. The molecule has 160 valence electrons. The van der Waals surface area contributed by atoms with Gasteiger partial charge in [0.05, 0.1) is 19.3 Å². The standard InChI is InChI=1S/C15H22N6O7S/c16-3-11(22)19-8(1-7-4-17-6-18-7)13(25)21-10(5-29)14(26)20-9(15(27)28)2-12(23)24/h4,6,8-10,29H,1-3,5,16H2,(H,17,18)(H,19,22)(H,20,26)(H,21,25)(H,23,24)(H,27,28). The molecule has 0 saturated carbocycles. The highest BCUT2D eigenvalue weighted by Gasteiger charge is 2.30. The molecular weight excluding hydrogens is 408 g/mol. The lowest BCUT2D eigenvalue weighted by molar-refractivity contribution is -0.147. The summed E-state index contributed by atoms with van der Waals surface area (Å²) < 4.78 is 0. The number of hydrogen-bond acceptors (Lipinski definition) is 8. The van der Waals surface area contributed by atoms with Crippen molar-refractivity contribution in [2.75, 3.05) is 12.3 Å². The monoisotopic (exact) mass is 430 g/mol. The fourth-order valence-electron chi connectivity index (χ4n) is 2.19. The van der Waals surface area contributed by atoms with E-state index in [9.17, 15) is 24.0 Å². The van der Waals surface area contributed by atoms with E-state index < -0.39 is 54.2 Å². The molecule has 0 aromatic carbocycles. The molecule has 0 bridgehead atoms. The first kappa shape index (κ1) is 23.9. The van der Waals surface area contributed by atoms with E-state index >= 15 is 0 Å². The number of nitrogens with one attached hydrogen (secondary N) is 4. The van der Waals surface area contributed by atoms with Gasteiger partial charge in [-0.25, -0.2) is 9.78 Å². The summed E-state index contributed by atoms with van der Waals surface area (Å²) in [6, 6.07) is -4.06. The van der Waals surface area contributed by atoms with Crippen LogP contribution in [0, 0.1) is 0 Å². The van der Waals surface area contributed by atoms with Crippen molar-refractivity contribution in [3.05, 3.63) is 18.2 Å². The zero-order valence-corrected chi connectivity index (χ0v) is 16.0. The Kier molecular flexibility index (Phi) is 9.61. The van der Waals surface area contributed by atoms with Crippen LogP contribution >= 0.6 is 12.6 Å². The average Bonchev–Trinajstić information content (AvgIpc) is 3.17. The number of H-pyrrole nitrogens is 1. The molecule has 1 heterocycles. The van der Waals surface area contributed by atoms with Crippen molar-refractivity contribution in [1.82, 2.24) is 25.9 Å². The molecule has 0 spiro atoms. The van der Waals surface area contributed by atoms with Gasteiger partial charge < -0.3 is 36.9 Å². The molecule has 0 radical (unpaired) electrons. The molecule has 0 fully saturated rings. The van der Waals surface area contributed by atoms with Gasteiger partial charge in [0, 0.05) is 24.1 Å². The van der Waals surface area contributed by atoms with Gasteiger partial charge in [0.1, 0.15) is 18.1 Å². The van der Waals surface area contributed by atoms with Crippen LogP contribution in [0.25, 0.3) is 0 Å². The first-order valence-corrected chi connectivity index (χ1v) is 8.94. The third-order valence-electron chi connectivity index (χ3n) is 3.62. The molecule has 14 heteroatoms. The molecule has 0 aliphatic heterocycles. The van der Waals surface area contributed by atoms with Gasteiger partial charge in [-0.05, 0) is 0 Å². The van der Waals surface area contributed by atoms with Crippen molar-refractivity contribution in [2.45, 2.75) is 31.0 Å². The lowest BCUT2D eigenvalue weighted by Gasteiger charge is -2.23. The Hall–Kier alpha value is -3.13. The van der Waals surface area contributed by atoms with E-state index in [4.69, 9.17) is 15.9 Å². The Balaban J connectivity index is 2.84. The molecule has 8 N–H and O–H groups in total. The van der Waals surface area contributed by atoms with Gasteiger partial charge in [-0.1, -0.05) is 0 Å². The number of rotatable bonds is 12. The molecule has 1 rings (SSSR count). The predicted molar refractivity (Wildman–Crippen MR) is 101 cm³/mol. The Morgan fingerprint density at radius 1 is 1.07 bits per heavy atom. The molecule has 0 aliphatic rings. The molecule has 29 heavy (non-hydrogen) atoms. The fourth-order valence-corrected chi connectivity index (χ4v) is 2.45. The minimum absolute atomic E-state index is 0.0231. The van der Waals surface area contributed by atoms with E-state index in [0.717, 1.165) is 0 Å². The summed E-state index contributed by atoms with van der Waals surface area (Å²) in [5.41, 5.74) is 5.78. The van der Waals surface area contributed by atoms with Crippen LogP contribution in [0.3, 0.4) is 0 Å². The molecule has 1 aromatic heterocycles. The van der Waals surface area contributed by atoms with Crippen LogP contribution < -0.4 is 21.7 Å². The van der Waals surface area contributed by atoms with E-state index in [-0.39, 0.29) is 18.7 Å². The Morgan fingerprint density at radius 2 is 1.69 bits per heavy atom. The molecule has 13 nitrogen and oxygen atoms in total. The van der Waals surface area contributed by atoms with Gasteiger partial charge >= 0.3 is 11.9 Å². The number of carboxylic acid groups (broad SMARTS) is 2. The first-order valence-electron chi connectivity index (χ1n) is 8.30. The third kappa shape index (κ3) is 8.18. The zero-order valence-electron chi connectivity index (χ0n) is 15.1. The van der Waals surface area contributed by atoms with Crippen LogP contribution in [0.5, 0.6) is 0 Å². The fraction of sp³-hybridized carbons (Fsp3) is 0.467. The molecule has 1 aromatic rings. The van der Waals surface area contributed by atoms with Crippen molar-refractivity contribution >= 4 is 42.3 Å². The quantitative estimate of drug-likeness (QED) is 0.157. The van der Waals surface area contributed by atoms with Crippen LogP contribution in [0.2, 0.25) is 0 Å². The van der Waals surface area contributed by atoms with Crippen molar-refractivity contribution in [1.29, 1.82) is 0 Å². The number of thiol groups is 1. The summed E-state index contributed by atoms with van der Waals surface area (Å²) in [6.45, 7) is -0.362. The number of carbonyl (C=O) groups is 5. The van der Waals surface area contributed by atoms with Gasteiger partial charge in [0.15, 0.2) is 0 Å². The third-order valence-corrected chi connectivity index (χ3v) is 3.99. The number of nitrogens with zero attached hydrogens (tertiary/aromatic N) is 1. The number of nitrogens with two attached hydrogens (primary N) is 1. The van der Waals surface area contributed by atoms with Gasteiger partial charge in [-0.15, -0.1) is 0 Å². The summed E-state index contributed by atoms with van der Waals surface area (Å²) >= 11 is 3.96. The largest absolute Gasteiger partial charge is 0.481 e. The Morgan fingerprint density at radius 3 is 2.17 bits per heavy atom. The number of carboxylic acids is 2. The summed E-state index contributed by atoms with van der Waals surface area (Å²) in [5.74, 6) is -5.47. The topological polar surface area (TPSA) is 217 Å². The summed E-state index contributed by atoms with van der Waals surface area (Å²) in [7, 11) is 0. The van der Waals surface area contributed by atoms with Crippen molar-refractivity contribution in [3.63, 3.8) is 0 Å². The van der Waals surface area contributed by atoms with E-state index in [2.05, 4.69) is 33.2 Å². The van der Waals surface area contributed by atoms with E-state index in [1.165, 1.54) is 12.5 Å². The number of hydrogen-bond donors (Lipinski definition) is 8. The minimum Gasteiger partial charge on any atom is -0.481 e. The van der Waals surface area contributed by atoms with Crippen LogP contribution in [0.4, 0.5) is 0 Å². The van der Waals surface area contributed by atoms with E-state index in [1.54, 1.807) is 0 Å². The SMILES string of the molecule is NCC(=O)NC(Cc1cnc[nH]1)C(=O)NC(CS)C(=O)NC(CC(=O)O)C(=O)O. The molecule has 3 amide bonds. The Bertz CT molecular complexity index is 742. The normalized spacial score (nSPS) is 13.6. The summed E-state index contributed by atoms with van der Waals surface area (Å²) in [6.07, 6.45) is 2.01. The maximum absolute atomic E-state index is 12.6. The van der Waals surface area contributed by atoms with E-state index in [0.29, 0.717) is 5.69 Å². The maximum atomic E-state index is 12.6. The zero-order chi connectivity index (χ0) is 22.0. The summed E-state index contributed by atoms with van der Waals surface area (Å²) in [5, 5.41) is 24.5. The second-order valence-corrected chi connectivity index (χ2v) is 6.21. The lowest BCUT2D eigenvalue weighted by Crippen LogP contribution is -2.57. The number of imidazole rings is 1. The number of amides is 3. The molecular formula is C15H22N6O7S. The van der Waals surface area contributed by atoms with Gasteiger partial charge in [0.25, 0.3) is 0 Å². The van der Waals surface area contributed by atoms with Gasteiger partial charge in [0.2, 0.25) is 17.7 Å². The smallest absolute Gasteiger partial charge is 0.326 e. The summed E-state index contributed by atoms with van der Waals surface area (Å²) in [4.78, 5) is 64.8. The maximum Gasteiger partial charge on any atom is 0.326 e. The van der Waals surface area contributed by atoms with Crippen molar-refractivity contribution in [3.8, 4) is 0 Å². The highest BCUT2D eigenvalue weighted by molar-refractivity contribution is 7.80. The average molecular weight is 430 g/mol. The minimum atomic E-state index is -1.68. The first-order chi connectivity index (χ1) is 13.7. The number of carbonyl (C=O) groups excluding carboxylic acids is 3. The van der Waals surface area contributed by atoms with Crippen LogP contribution in [0.15, 0.2) is 12.5 Å².